The Morgan fingerprint density at radius 2 is 0.469 bits per heavy atom. The Hall–Kier alpha value is -8.20. The van der Waals surface area contributed by atoms with Gasteiger partial charge in [-0.05, 0) is 115 Å². The largest absolute Gasteiger partial charge is 0.356 e. The molecule has 2 heteroatoms. The van der Waals surface area contributed by atoms with Crippen LogP contribution in [0.1, 0.15) is 44.5 Å². The van der Waals surface area contributed by atoms with Crippen LogP contribution in [0.5, 0.6) is 0 Å². The highest BCUT2D eigenvalue weighted by Gasteiger charge is 2.47. The maximum Gasteiger partial charge on any atom is 0.0714 e. The molecule has 0 radical (unpaired) electrons. The third-order valence-corrected chi connectivity index (χ3v) is 13.0. The van der Waals surface area contributed by atoms with E-state index in [9.17, 15) is 0 Å². The zero-order valence-corrected chi connectivity index (χ0v) is 35.4. The molecule has 0 amide bonds. The lowest BCUT2D eigenvalue weighted by Crippen LogP contribution is -2.28. The first-order valence-corrected chi connectivity index (χ1v) is 22.1. The smallest absolute Gasteiger partial charge is 0.0714 e. The zero-order chi connectivity index (χ0) is 42.8. The lowest BCUT2D eigenvalue weighted by atomic mass is 9.67. The first-order chi connectivity index (χ1) is 31.7. The van der Waals surface area contributed by atoms with E-state index in [1.165, 1.54) is 66.8 Å². The monoisotopic (exact) mass is 818 g/mol. The molecule has 0 saturated heterocycles. The van der Waals surface area contributed by atoms with E-state index < -0.39 is 0 Å². The Morgan fingerprint density at radius 1 is 0.203 bits per heavy atom. The van der Waals surface area contributed by atoms with Crippen molar-refractivity contribution in [3.8, 4) is 22.3 Å². The van der Waals surface area contributed by atoms with Gasteiger partial charge >= 0.3 is 0 Å². The fourth-order valence-corrected chi connectivity index (χ4v) is 10.4. The van der Waals surface area contributed by atoms with Crippen LogP contribution in [0.25, 0.3) is 22.3 Å². The van der Waals surface area contributed by atoms with Crippen molar-refractivity contribution in [3.63, 3.8) is 0 Å². The predicted molar refractivity (Wildman–Crippen MR) is 267 cm³/mol. The van der Waals surface area contributed by atoms with Crippen LogP contribution in [0.3, 0.4) is 0 Å². The van der Waals surface area contributed by atoms with E-state index in [2.05, 4.69) is 265 Å². The summed E-state index contributed by atoms with van der Waals surface area (Å²) in [5, 5.41) is 7.20. The fraction of sp³-hybridized carbons (Fsp3) is 0.0323. The van der Waals surface area contributed by atoms with Gasteiger partial charge < -0.3 is 10.6 Å². The van der Waals surface area contributed by atoms with Gasteiger partial charge in [-0.3, -0.25) is 0 Å². The van der Waals surface area contributed by atoms with Crippen LogP contribution in [0.15, 0.2) is 267 Å². The van der Waals surface area contributed by atoms with Crippen molar-refractivity contribution in [1.29, 1.82) is 0 Å². The Bertz CT molecular complexity index is 2890. The number of rotatable bonds is 8. The SMILES string of the molecule is c1ccc(Nc2ccc3c(c2)C(c2ccccc2)(c2ccccc2)c2ccccc2-3)cc1.c1ccc(Nc2ccc3c(c2)C(c2ccccc2)(c2ccccc2)c2ccccc2-3)cc1. The highest BCUT2D eigenvalue weighted by Crippen LogP contribution is 2.58. The molecule has 0 bridgehead atoms. The van der Waals surface area contributed by atoms with Gasteiger partial charge in [0.25, 0.3) is 0 Å². The third kappa shape index (κ3) is 6.51. The zero-order valence-electron chi connectivity index (χ0n) is 35.4. The van der Waals surface area contributed by atoms with Crippen LogP contribution in [-0.2, 0) is 10.8 Å². The number of benzene rings is 10. The molecule has 0 heterocycles. The van der Waals surface area contributed by atoms with Crippen molar-refractivity contribution in [3.05, 3.63) is 311 Å². The lowest BCUT2D eigenvalue weighted by molar-refractivity contribution is 0.769. The molecule has 0 atom stereocenters. The molecule has 10 aromatic rings. The molecule has 2 nitrogen and oxygen atoms in total. The Labute approximate surface area is 376 Å². The van der Waals surface area contributed by atoms with Crippen LogP contribution in [-0.4, -0.2) is 0 Å². The molecule has 304 valence electrons. The van der Waals surface area contributed by atoms with Gasteiger partial charge in [-0.15, -0.1) is 0 Å². The van der Waals surface area contributed by atoms with E-state index >= 15 is 0 Å². The van der Waals surface area contributed by atoms with Crippen molar-refractivity contribution in [2.75, 3.05) is 10.6 Å². The molecule has 0 saturated carbocycles. The number of hydrogen-bond donors (Lipinski definition) is 2. The van der Waals surface area contributed by atoms with Crippen LogP contribution < -0.4 is 10.6 Å². The summed E-state index contributed by atoms with van der Waals surface area (Å²) in [4.78, 5) is 0. The molecule has 2 N–H and O–H groups in total. The molecular formula is C62H46N2. The summed E-state index contributed by atoms with van der Waals surface area (Å²) in [6, 6.07) is 95.6. The maximum atomic E-state index is 3.60. The molecule has 10 aromatic carbocycles. The summed E-state index contributed by atoms with van der Waals surface area (Å²) in [6.07, 6.45) is 0. The van der Waals surface area contributed by atoms with Gasteiger partial charge in [0, 0.05) is 22.7 Å². The second-order valence-electron chi connectivity index (χ2n) is 16.6. The molecule has 2 aliphatic rings. The molecular weight excluding hydrogens is 773 g/mol. The van der Waals surface area contributed by atoms with Crippen LogP contribution in [0.4, 0.5) is 22.7 Å². The first-order valence-electron chi connectivity index (χ1n) is 22.1. The lowest BCUT2D eigenvalue weighted by Gasteiger charge is -2.34. The molecule has 2 aliphatic carbocycles. The molecule has 64 heavy (non-hydrogen) atoms. The van der Waals surface area contributed by atoms with Gasteiger partial charge in [-0.1, -0.05) is 218 Å². The van der Waals surface area contributed by atoms with E-state index in [0.717, 1.165) is 22.7 Å². The van der Waals surface area contributed by atoms with E-state index in [1.807, 2.05) is 12.1 Å². The quantitative estimate of drug-likeness (QED) is 0.160. The van der Waals surface area contributed by atoms with Crippen LogP contribution in [0.2, 0.25) is 0 Å². The minimum absolute atomic E-state index is 0.358. The summed E-state index contributed by atoms with van der Waals surface area (Å²) in [5.41, 5.74) is 19.3. The average molecular weight is 819 g/mol. The number of nitrogens with one attached hydrogen (secondary N) is 2. The standard InChI is InChI=1S/2C31H23N/c2*1-4-12-23(13-5-1)31(24-14-6-2-7-15-24)29-19-11-10-18-27(29)28-21-20-26(22-30(28)31)32-25-16-8-3-9-17-25/h2*1-22,32H. The molecule has 0 unspecified atom stereocenters. The van der Waals surface area contributed by atoms with Gasteiger partial charge in [0.2, 0.25) is 0 Å². The minimum Gasteiger partial charge on any atom is -0.356 e. The predicted octanol–water partition coefficient (Wildman–Crippen LogP) is 15.6. The van der Waals surface area contributed by atoms with Crippen molar-refractivity contribution in [2.24, 2.45) is 0 Å². The Morgan fingerprint density at radius 3 is 0.797 bits per heavy atom. The van der Waals surface area contributed by atoms with Gasteiger partial charge in [-0.2, -0.15) is 0 Å². The van der Waals surface area contributed by atoms with Crippen molar-refractivity contribution < 1.29 is 0 Å². The fourth-order valence-electron chi connectivity index (χ4n) is 10.4. The van der Waals surface area contributed by atoms with Gasteiger partial charge in [0.1, 0.15) is 0 Å². The average Bonchev–Trinajstić information content (AvgIpc) is 3.84. The topological polar surface area (TPSA) is 24.1 Å². The van der Waals surface area contributed by atoms with E-state index in [4.69, 9.17) is 0 Å². The second-order valence-corrected chi connectivity index (χ2v) is 16.6. The highest BCUT2D eigenvalue weighted by atomic mass is 14.9. The Kier molecular flexibility index (Phi) is 10.0. The summed E-state index contributed by atoms with van der Waals surface area (Å²) in [6.45, 7) is 0. The van der Waals surface area contributed by atoms with Crippen LogP contribution in [0, 0.1) is 0 Å². The Balaban J connectivity index is 0.000000143. The highest BCUT2D eigenvalue weighted by molar-refractivity contribution is 5.89. The van der Waals surface area contributed by atoms with E-state index in [0.29, 0.717) is 0 Å². The van der Waals surface area contributed by atoms with Crippen molar-refractivity contribution >= 4 is 22.7 Å². The normalized spacial score (nSPS) is 13.2. The molecule has 0 aliphatic heterocycles. The van der Waals surface area contributed by atoms with Crippen molar-refractivity contribution in [2.45, 2.75) is 10.8 Å². The number of hydrogen-bond acceptors (Lipinski definition) is 2. The summed E-state index contributed by atoms with van der Waals surface area (Å²) < 4.78 is 0. The molecule has 0 spiro atoms. The summed E-state index contributed by atoms with van der Waals surface area (Å²) in [7, 11) is 0. The maximum absolute atomic E-state index is 3.60. The van der Waals surface area contributed by atoms with Gasteiger partial charge in [0.05, 0.1) is 10.8 Å². The number of fused-ring (bicyclic) bond motifs is 6. The third-order valence-electron chi connectivity index (χ3n) is 13.0. The van der Waals surface area contributed by atoms with Gasteiger partial charge in [-0.25, -0.2) is 0 Å². The molecule has 12 rings (SSSR count). The summed E-state index contributed by atoms with van der Waals surface area (Å²) in [5.74, 6) is 0. The minimum atomic E-state index is -0.358. The number of anilines is 4. The van der Waals surface area contributed by atoms with Crippen LogP contribution >= 0.6 is 0 Å². The van der Waals surface area contributed by atoms with E-state index in [1.54, 1.807) is 0 Å². The van der Waals surface area contributed by atoms with Crippen molar-refractivity contribution in [1.82, 2.24) is 0 Å². The van der Waals surface area contributed by atoms with E-state index in [-0.39, 0.29) is 10.8 Å². The number of para-hydroxylation sites is 2. The second kappa shape index (κ2) is 16.6. The summed E-state index contributed by atoms with van der Waals surface area (Å²) >= 11 is 0. The molecule has 0 aromatic heterocycles. The molecule has 0 fully saturated rings. The first kappa shape index (κ1) is 38.7. The van der Waals surface area contributed by atoms with Gasteiger partial charge in [0.15, 0.2) is 0 Å².